The Morgan fingerprint density at radius 1 is 1.41 bits per heavy atom. The zero-order valence-corrected chi connectivity index (χ0v) is 11.7. The van der Waals surface area contributed by atoms with E-state index in [2.05, 4.69) is 24.1 Å². The van der Waals surface area contributed by atoms with Gasteiger partial charge >= 0.3 is 0 Å². The molecule has 0 saturated carbocycles. The van der Waals surface area contributed by atoms with Crippen LogP contribution >= 0.6 is 0 Å². The fraction of sp³-hybridized carbons (Fsp3) is 1.00. The van der Waals surface area contributed by atoms with E-state index in [1.807, 2.05) is 0 Å². The molecule has 0 bridgehead atoms. The Morgan fingerprint density at radius 2 is 2.12 bits per heavy atom. The lowest BCUT2D eigenvalue weighted by Gasteiger charge is -2.32. The molecule has 0 amide bonds. The number of nitrogens with zero attached hydrogens (tertiary/aromatic N) is 1. The third-order valence-corrected chi connectivity index (χ3v) is 4.01. The van der Waals surface area contributed by atoms with E-state index in [4.69, 9.17) is 5.14 Å². The maximum atomic E-state index is 11.0. The predicted molar refractivity (Wildman–Crippen MR) is 70.3 cm³/mol. The van der Waals surface area contributed by atoms with Gasteiger partial charge in [-0.3, -0.25) is 4.90 Å². The molecular weight excluding hydrogens is 238 g/mol. The molecule has 0 aromatic rings. The molecule has 1 saturated heterocycles. The van der Waals surface area contributed by atoms with Crippen LogP contribution in [0.15, 0.2) is 0 Å². The van der Waals surface area contributed by atoms with Crippen LogP contribution in [0.5, 0.6) is 0 Å². The lowest BCUT2D eigenvalue weighted by Crippen LogP contribution is -2.47. The number of nitrogens with one attached hydrogen (secondary N) is 1. The van der Waals surface area contributed by atoms with Gasteiger partial charge in [0.15, 0.2) is 0 Å². The summed E-state index contributed by atoms with van der Waals surface area (Å²) in [7, 11) is -3.36. The first-order valence-electron chi connectivity index (χ1n) is 6.36. The molecule has 1 aliphatic rings. The summed E-state index contributed by atoms with van der Waals surface area (Å²) >= 11 is 0. The summed E-state index contributed by atoms with van der Waals surface area (Å²) in [5.41, 5.74) is 0. The minimum absolute atomic E-state index is 0.0396. The van der Waals surface area contributed by atoms with E-state index < -0.39 is 10.0 Å². The summed E-state index contributed by atoms with van der Waals surface area (Å²) in [4.78, 5) is 2.19. The van der Waals surface area contributed by atoms with E-state index in [1.165, 1.54) is 19.3 Å². The normalized spacial score (nSPS) is 22.3. The van der Waals surface area contributed by atoms with Crippen molar-refractivity contribution < 1.29 is 8.42 Å². The van der Waals surface area contributed by atoms with Gasteiger partial charge < -0.3 is 5.32 Å². The highest BCUT2D eigenvalue weighted by Crippen LogP contribution is 2.10. The minimum atomic E-state index is -3.36. The number of hydrogen-bond donors (Lipinski definition) is 2. The molecule has 6 heteroatoms. The van der Waals surface area contributed by atoms with Crippen molar-refractivity contribution in [2.45, 2.75) is 45.2 Å². The molecule has 1 fully saturated rings. The Bertz CT molecular complexity index is 311. The number of piperidine rings is 1. The monoisotopic (exact) mass is 263 g/mol. The van der Waals surface area contributed by atoms with Crippen molar-refractivity contribution in [3.8, 4) is 0 Å². The smallest absolute Gasteiger partial charge is 0.210 e. The van der Waals surface area contributed by atoms with Crippen LogP contribution in [0.1, 0.15) is 33.1 Å². The third-order valence-electron chi connectivity index (χ3n) is 3.26. The fourth-order valence-corrected chi connectivity index (χ4v) is 2.66. The lowest BCUT2D eigenvalue weighted by molar-refractivity contribution is 0.194. The summed E-state index contributed by atoms with van der Waals surface area (Å²) in [6, 6.07) is 0.840. The number of hydrogen-bond acceptors (Lipinski definition) is 4. The molecule has 0 aliphatic carbocycles. The lowest BCUT2D eigenvalue weighted by atomic mass is 10.0. The second-order valence-electron chi connectivity index (χ2n) is 5.10. The van der Waals surface area contributed by atoms with E-state index in [-0.39, 0.29) is 5.75 Å². The highest BCUT2D eigenvalue weighted by Gasteiger charge is 2.19. The third kappa shape index (κ3) is 6.35. The van der Waals surface area contributed by atoms with Gasteiger partial charge in [-0.15, -0.1) is 0 Å². The van der Waals surface area contributed by atoms with Gasteiger partial charge in [-0.2, -0.15) is 0 Å². The van der Waals surface area contributed by atoms with Gasteiger partial charge in [0.25, 0.3) is 0 Å². The van der Waals surface area contributed by atoms with Crippen LogP contribution < -0.4 is 10.5 Å². The van der Waals surface area contributed by atoms with Crippen LogP contribution in [0.4, 0.5) is 0 Å². The first-order valence-corrected chi connectivity index (χ1v) is 8.08. The maximum Gasteiger partial charge on any atom is 0.210 e. The van der Waals surface area contributed by atoms with Gasteiger partial charge in [0.05, 0.1) is 5.75 Å². The van der Waals surface area contributed by atoms with Crippen molar-refractivity contribution in [2.24, 2.45) is 5.14 Å². The molecule has 0 aromatic heterocycles. The predicted octanol–water partition coefficient (Wildman–Crippen LogP) is 0.127. The van der Waals surface area contributed by atoms with Gasteiger partial charge in [0, 0.05) is 25.2 Å². The Labute approximate surface area is 105 Å². The van der Waals surface area contributed by atoms with Crippen molar-refractivity contribution in [2.75, 3.05) is 25.4 Å². The van der Waals surface area contributed by atoms with Crippen LogP contribution in [0.2, 0.25) is 0 Å². The van der Waals surface area contributed by atoms with E-state index in [9.17, 15) is 8.42 Å². The standard InChI is InChI=1S/C11H25N3O2S/c1-10(2)14(7-8-17(12,15)16)9-11-5-3-4-6-13-11/h10-11,13H,3-9H2,1-2H3,(H2,12,15,16). The number of primary sulfonamides is 1. The number of nitrogens with two attached hydrogens (primary N) is 1. The van der Waals surface area contributed by atoms with Crippen molar-refractivity contribution in [1.29, 1.82) is 0 Å². The maximum absolute atomic E-state index is 11.0. The molecule has 17 heavy (non-hydrogen) atoms. The van der Waals surface area contributed by atoms with Gasteiger partial charge in [-0.25, -0.2) is 13.6 Å². The molecule has 1 aliphatic heterocycles. The molecule has 1 unspecified atom stereocenters. The quantitative estimate of drug-likeness (QED) is 0.714. The summed E-state index contributed by atoms with van der Waals surface area (Å²) in [6.45, 7) is 6.69. The molecule has 1 atom stereocenters. The van der Waals surface area contributed by atoms with Gasteiger partial charge in [-0.1, -0.05) is 6.42 Å². The second kappa shape index (κ2) is 6.68. The molecule has 0 radical (unpaired) electrons. The van der Waals surface area contributed by atoms with Crippen molar-refractivity contribution in [1.82, 2.24) is 10.2 Å². The Balaban J connectivity index is 2.42. The fourth-order valence-electron chi connectivity index (χ4n) is 2.17. The van der Waals surface area contributed by atoms with Crippen LogP contribution in [-0.2, 0) is 10.0 Å². The highest BCUT2D eigenvalue weighted by atomic mass is 32.2. The molecule has 0 aromatic carbocycles. The molecule has 102 valence electrons. The minimum Gasteiger partial charge on any atom is -0.313 e. The Kier molecular flexibility index (Phi) is 5.85. The van der Waals surface area contributed by atoms with E-state index >= 15 is 0 Å². The summed E-state index contributed by atoms with van der Waals surface area (Å²) in [6.07, 6.45) is 3.69. The van der Waals surface area contributed by atoms with E-state index in [0.717, 1.165) is 13.1 Å². The summed E-state index contributed by atoms with van der Waals surface area (Å²) in [5.74, 6) is 0.0396. The molecular formula is C11H25N3O2S. The van der Waals surface area contributed by atoms with Crippen molar-refractivity contribution in [3.05, 3.63) is 0 Å². The molecule has 3 N–H and O–H groups in total. The van der Waals surface area contributed by atoms with E-state index in [0.29, 0.717) is 18.6 Å². The Morgan fingerprint density at radius 3 is 2.59 bits per heavy atom. The largest absolute Gasteiger partial charge is 0.313 e. The van der Waals surface area contributed by atoms with Crippen molar-refractivity contribution in [3.63, 3.8) is 0 Å². The van der Waals surface area contributed by atoms with Gasteiger partial charge in [-0.05, 0) is 33.2 Å². The molecule has 1 heterocycles. The summed E-state index contributed by atoms with van der Waals surface area (Å²) < 4.78 is 22.0. The van der Waals surface area contributed by atoms with E-state index in [1.54, 1.807) is 0 Å². The first kappa shape index (κ1) is 14.9. The average Bonchev–Trinajstić information content (AvgIpc) is 2.24. The molecule has 0 spiro atoms. The average molecular weight is 263 g/mol. The molecule has 1 rings (SSSR count). The topological polar surface area (TPSA) is 75.4 Å². The van der Waals surface area contributed by atoms with Gasteiger partial charge in [0.2, 0.25) is 10.0 Å². The van der Waals surface area contributed by atoms with Crippen LogP contribution in [0.25, 0.3) is 0 Å². The van der Waals surface area contributed by atoms with Crippen LogP contribution in [0.3, 0.4) is 0 Å². The first-order chi connectivity index (χ1) is 7.88. The summed E-state index contributed by atoms with van der Waals surface area (Å²) in [5, 5.41) is 8.53. The molecule has 5 nitrogen and oxygen atoms in total. The zero-order chi connectivity index (χ0) is 12.9. The van der Waals surface area contributed by atoms with Crippen molar-refractivity contribution >= 4 is 10.0 Å². The number of sulfonamides is 1. The Hall–Kier alpha value is -0.170. The zero-order valence-electron chi connectivity index (χ0n) is 10.9. The number of rotatable bonds is 6. The van der Waals surface area contributed by atoms with Gasteiger partial charge in [0.1, 0.15) is 0 Å². The van der Waals surface area contributed by atoms with Crippen LogP contribution in [-0.4, -0.2) is 50.8 Å². The highest BCUT2D eigenvalue weighted by molar-refractivity contribution is 7.89. The SMILES string of the molecule is CC(C)N(CCS(N)(=O)=O)CC1CCCCN1. The second-order valence-corrected chi connectivity index (χ2v) is 6.84. The van der Waals surface area contributed by atoms with Crippen LogP contribution in [0, 0.1) is 0 Å².